The average molecular weight is 343 g/mol. The molecule has 0 saturated heterocycles. The molecule has 0 fully saturated rings. The molecule has 20 heavy (non-hydrogen) atoms. The summed E-state index contributed by atoms with van der Waals surface area (Å²) in [5, 5.41) is 8.68. The van der Waals surface area contributed by atoms with Crippen LogP contribution in [0, 0.1) is 0 Å². The van der Waals surface area contributed by atoms with Gasteiger partial charge in [-0.05, 0) is 45.0 Å². The van der Waals surface area contributed by atoms with E-state index in [-0.39, 0.29) is 5.60 Å². The van der Waals surface area contributed by atoms with E-state index >= 15 is 0 Å². The molecule has 110 valence electrons. The predicted molar refractivity (Wildman–Crippen MR) is 82.0 cm³/mol. The summed E-state index contributed by atoms with van der Waals surface area (Å²) >= 11 is 3.35. The van der Waals surface area contributed by atoms with Crippen molar-refractivity contribution in [2.75, 3.05) is 13.2 Å². The van der Waals surface area contributed by atoms with Crippen molar-refractivity contribution >= 4 is 28.0 Å². The smallest absolute Gasteiger partial charge is 0.328 e. The van der Waals surface area contributed by atoms with Crippen molar-refractivity contribution < 1.29 is 19.4 Å². The fraction of sp³-hybridized carbons (Fsp3) is 0.400. The maximum absolute atomic E-state index is 10.6. The third-order valence-corrected chi connectivity index (χ3v) is 2.75. The van der Waals surface area contributed by atoms with E-state index in [0.717, 1.165) is 10.5 Å². The summed E-state index contributed by atoms with van der Waals surface area (Å²) in [6.45, 7) is 6.82. The predicted octanol–water partition coefficient (Wildman–Crippen LogP) is 3.74. The van der Waals surface area contributed by atoms with E-state index in [9.17, 15) is 4.79 Å². The van der Waals surface area contributed by atoms with E-state index in [1.165, 1.54) is 6.08 Å². The molecule has 5 heteroatoms. The van der Waals surface area contributed by atoms with Crippen LogP contribution < -0.4 is 4.74 Å². The van der Waals surface area contributed by atoms with Crippen LogP contribution in [0.25, 0.3) is 6.08 Å². The van der Waals surface area contributed by atoms with Gasteiger partial charge >= 0.3 is 5.97 Å². The standard InChI is InChI=1S/C15H19BrO4/c1-15(2,3)20-9-8-19-13-6-5-12(16)10-11(13)4-7-14(17)18/h4-7,10H,8-9H2,1-3H3,(H,17,18)/b7-4+. The van der Waals surface area contributed by atoms with Crippen molar-refractivity contribution in [3.63, 3.8) is 0 Å². The maximum Gasteiger partial charge on any atom is 0.328 e. The zero-order valence-electron chi connectivity index (χ0n) is 11.9. The van der Waals surface area contributed by atoms with E-state index in [4.69, 9.17) is 14.6 Å². The summed E-state index contributed by atoms with van der Waals surface area (Å²) < 4.78 is 12.1. The zero-order chi connectivity index (χ0) is 15.2. The van der Waals surface area contributed by atoms with E-state index in [1.807, 2.05) is 26.8 Å². The van der Waals surface area contributed by atoms with Gasteiger partial charge in [0.05, 0.1) is 12.2 Å². The van der Waals surface area contributed by atoms with Gasteiger partial charge in [0.1, 0.15) is 12.4 Å². The molecule has 0 bridgehead atoms. The Hall–Kier alpha value is -1.33. The first-order chi connectivity index (χ1) is 9.28. The third kappa shape index (κ3) is 6.73. The van der Waals surface area contributed by atoms with Gasteiger partial charge in [-0.3, -0.25) is 0 Å². The number of hydrogen-bond acceptors (Lipinski definition) is 3. The van der Waals surface area contributed by atoms with Crippen LogP contribution in [-0.2, 0) is 9.53 Å². The van der Waals surface area contributed by atoms with Crippen molar-refractivity contribution in [1.29, 1.82) is 0 Å². The molecule has 0 aromatic heterocycles. The van der Waals surface area contributed by atoms with Crippen LogP contribution in [0.3, 0.4) is 0 Å². The van der Waals surface area contributed by atoms with Crippen molar-refractivity contribution in [2.45, 2.75) is 26.4 Å². The Labute approximate surface area is 127 Å². The van der Waals surface area contributed by atoms with E-state index in [1.54, 1.807) is 12.1 Å². The molecule has 0 atom stereocenters. The van der Waals surface area contributed by atoms with Crippen LogP contribution in [0.1, 0.15) is 26.3 Å². The van der Waals surface area contributed by atoms with Crippen LogP contribution in [-0.4, -0.2) is 29.9 Å². The number of carboxylic acids is 1. The molecule has 0 heterocycles. The summed E-state index contributed by atoms with van der Waals surface area (Å²) in [5.74, 6) is -0.366. The van der Waals surface area contributed by atoms with Gasteiger partial charge in [-0.15, -0.1) is 0 Å². The van der Waals surface area contributed by atoms with E-state index in [0.29, 0.717) is 24.5 Å². The van der Waals surface area contributed by atoms with Gasteiger partial charge in [-0.1, -0.05) is 15.9 Å². The summed E-state index contributed by atoms with van der Waals surface area (Å²) in [5.41, 5.74) is 0.507. The Morgan fingerprint density at radius 1 is 1.35 bits per heavy atom. The molecule has 1 aromatic carbocycles. The van der Waals surface area contributed by atoms with Gasteiger partial charge in [-0.2, -0.15) is 0 Å². The van der Waals surface area contributed by atoms with Gasteiger partial charge in [0.2, 0.25) is 0 Å². The Balaban J connectivity index is 2.67. The fourth-order valence-corrected chi connectivity index (χ4v) is 1.82. The number of ether oxygens (including phenoxy) is 2. The van der Waals surface area contributed by atoms with Gasteiger partial charge < -0.3 is 14.6 Å². The lowest BCUT2D eigenvalue weighted by Crippen LogP contribution is -2.22. The summed E-state index contributed by atoms with van der Waals surface area (Å²) in [6, 6.07) is 5.44. The highest BCUT2D eigenvalue weighted by atomic mass is 79.9. The minimum atomic E-state index is -0.994. The van der Waals surface area contributed by atoms with Crippen LogP contribution in [0.2, 0.25) is 0 Å². The van der Waals surface area contributed by atoms with E-state index < -0.39 is 5.97 Å². The lowest BCUT2D eigenvalue weighted by molar-refractivity contribution is -0.131. The van der Waals surface area contributed by atoms with Crippen LogP contribution in [0.5, 0.6) is 5.75 Å². The first kappa shape index (κ1) is 16.7. The first-order valence-electron chi connectivity index (χ1n) is 6.25. The second kappa shape index (κ2) is 7.45. The average Bonchev–Trinajstić information content (AvgIpc) is 2.32. The Morgan fingerprint density at radius 3 is 2.65 bits per heavy atom. The number of benzene rings is 1. The number of carbonyl (C=O) groups is 1. The highest BCUT2D eigenvalue weighted by Gasteiger charge is 2.10. The first-order valence-corrected chi connectivity index (χ1v) is 7.04. The normalized spacial score (nSPS) is 11.8. The number of rotatable bonds is 6. The van der Waals surface area contributed by atoms with Crippen molar-refractivity contribution in [3.05, 3.63) is 34.3 Å². The molecule has 0 aliphatic rings. The van der Waals surface area contributed by atoms with Crippen LogP contribution in [0.15, 0.2) is 28.7 Å². The molecule has 0 saturated carbocycles. The molecule has 1 aromatic rings. The Kier molecular flexibility index (Phi) is 6.23. The van der Waals surface area contributed by atoms with Crippen LogP contribution in [0.4, 0.5) is 0 Å². The molecule has 0 aliphatic heterocycles. The summed E-state index contributed by atoms with van der Waals surface area (Å²) in [4.78, 5) is 10.6. The molecule has 0 spiro atoms. The Bertz CT molecular complexity index is 489. The van der Waals surface area contributed by atoms with Crippen molar-refractivity contribution in [1.82, 2.24) is 0 Å². The molecule has 1 N–H and O–H groups in total. The monoisotopic (exact) mass is 342 g/mol. The Morgan fingerprint density at radius 2 is 2.05 bits per heavy atom. The second-order valence-electron chi connectivity index (χ2n) is 5.16. The fourth-order valence-electron chi connectivity index (χ4n) is 1.44. The molecule has 4 nitrogen and oxygen atoms in total. The topological polar surface area (TPSA) is 55.8 Å². The number of hydrogen-bond donors (Lipinski definition) is 1. The van der Waals surface area contributed by atoms with Crippen molar-refractivity contribution in [3.8, 4) is 5.75 Å². The number of carboxylic acid groups (broad SMARTS) is 1. The third-order valence-electron chi connectivity index (χ3n) is 2.25. The molecule has 0 radical (unpaired) electrons. The molecule has 1 rings (SSSR count). The zero-order valence-corrected chi connectivity index (χ0v) is 13.4. The second-order valence-corrected chi connectivity index (χ2v) is 6.08. The van der Waals surface area contributed by atoms with Gasteiger partial charge in [-0.25, -0.2) is 4.79 Å². The van der Waals surface area contributed by atoms with E-state index in [2.05, 4.69) is 15.9 Å². The van der Waals surface area contributed by atoms with Gasteiger partial charge in [0.15, 0.2) is 0 Å². The number of aliphatic carboxylic acids is 1. The molecule has 0 unspecified atom stereocenters. The van der Waals surface area contributed by atoms with Gasteiger partial charge in [0.25, 0.3) is 0 Å². The maximum atomic E-state index is 10.6. The molecule has 0 amide bonds. The highest BCUT2D eigenvalue weighted by molar-refractivity contribution is 9.10. The SMILES string of the molecule is CC(C)(C)OCCOc1ccc(Br)cc1/C=C/C(=O)O. The molecular weight excluding hydrogens is 324 g/mol. The summed E-state index contributed by atoms with van der Waals surface area (Å²) in [6.07, 6.45) is 2.59. The largest absolute Gasteiger partial charge is 0.491 e. The quantitative estimate of drug-likeness (QED) is 0.632. The van der Waals surface area contributed by atoms with Crippen molar-refractivity contribution in [2.24, 2.45) is 0 Å². The molecular formula is C15H19BrO4. The minimum absolute atomic E-state index is 0.199. The lowest BCUT2D eigenvalue weighted by atomic mass is 10.2. The minimum Gasteiger partial charge on any atom is -0.491 e. The number of halogens is 1. The lowest BCUT2D eigenvalue weighted by Gasteiger charge is -2.19. The highest BCUT2D eigenvalue weighted by Crippen LogP contribution is 2.24. The summed E-state index contributed by atoms with van der Waals surface area (Å²) in [7, 11) is 0. The molecule has 0 aliphatic carbocycles. The van der Waals surface area contributed by atoms with Crippen LogP contribution >= 0.6 is 15.9 Å². The van der Waals surface area contributed by atoms with Gasteiger partial charge in [0, 0.05) is 16.1 Å².